The van der Waals surface area contributed by atoms with E-state index in [-0.39, 0.29) is 11.7 Å². The van der Waals surface area contributed by atoms with E-state index in [2.05, 4.69) is 46.8 Å². The van der Waals surface area contributed by atoms with Crippen molar-refractivity contribution in [1.29, 1.82) is 0 Å². The van der Waals surface area contributed by atoms with Crippen molar-refractivity contribution in [2.24, 2.45) is 5.92 Å². The highest BCUT2D eigenvalue weighted by atomic mass is 19.1. The summed E-state index contributed by atoms with van der Waals surface area (Å²) in [5.41, 5.74) is 5.84. The monoisotopic (exact) mass is 521 g/mol. The summed E-state index contributed by atoms with van der Waals surface area (Å²) in [4.78, 5) is 20.6. The number of rotatable bonds is 10. The number of nitrogens with one attached hydrogen (secondary N) is 1. The van der Waals surface area contributed by atoms with Gasteiger partial charge in [-0.2, -0.15) is 0 Å². The van der Waals surface area contributed by atoms with Crippen molar-refractivity contribution in [3.05, 3.63) is 60.6 Å². The largest absolute Gasteiger partial charge is 0.369 e. The molecular formula is C31H44FN5O. The highest BCUT2D eigenvalue weighted by Crippen LogP contribution is 2.37. The van der Waals surface area contributed by atoms with E-state index >= 15 is 4.39 Å². The first-order valence-corrected chi connectivity index (χ1v) is 14.5. The summed E-state index contributed by atoms with van der Waals surface area (Å²) in [6, 6.07) is 4.48. The second kappa shape index (κ2) is 11.6. The second-order valence-corrected chi connectivity index (χ2v) is 11.5. The lowest BCUT2D eigenvalue weighted by Crippen LogP contribution is -2.64. The SMILES string of the molecule is C=CCCCC(=C)NN1C(=C)c2cc(F)c(N3CCC(N4CC(N5CCC(CC)CC5)C4)CC3)cc2C1=O. The maximum absolute atomic E-state index is 15.3. The Morgan fingerprint density at radius 1 is 1.05 bits per heavy atom. The average molecular weight is 522 g/mol. The van der Waals surface area contributed by atoms with Crippen LogP contribution in [0.5, 0.6) is 0 Å². The number of allylic oxidation sites excluding steroid dienone is 2. The van der Waals surface area contributed by atoms with Crippen LogP contribution in [-0.2, 0) is 0 Å². The van der Waals surface area contributed by atoms with E-state index in [1.807, 2.05) is 6.08 Å². The molecular weight excluding hydrogens is 477 g/mol. The molecule has 4 aliphatic heterocycles. The number of carbonyl (C=O) groups is 1. The lowest BCUT2D eigenvalue weighted by molar-refractivity contribution is -0.0156. The minimum atomic E-state index is -0.290. The van der Waals surface area contributed by atoms with Gasteiger partial charge in [-0.05, 0) is 76.1 Å². The van der Waals surface area contributed by atoms with Crippen LogP contribution in [0.1, 0.15) is 74.2 Å². The van der Waals surface area contributed by atoms with Gasteiger partial charge in [-0.25, -0.2) is 9.40 Å². The van der Waals surface area contributed by atoms with Gasteiger partial charge < -0.3 is 4.90 Å². The van der Waals surface area contributed by atoms with Crippen LogP contribution >= 0.6 is 0 Å². The van der Waals surface area contributed by atoms with Crippen molar-refractivity contribution in [3.8, 4) is 0 Å². The first kappa shape index (κ1) is 26.9. The number of halogens is 1. The van der Waals surface area contributed by atoms with E-state index in [0.717, 1.165) is 56.8 Å². The van der Waals surface area contributed by atoms with Gasteiger partial charge in [0.1, 0.15) is 5.82 Å². The molecule has 0 saturated carbocycles. The fourth-order valence-corrected chi connectivity index (χ4v) is 6.59. The summed E-state index contributed by atoms with van der Waals surface area (Å²) in [5.74, 6) is 0.425. The smallest absolute Gasteiger partial charge is 0.277 e. The van der Waals surface area contributed by atoms with Crippen LogP contribution in [0.2, 0.25) is 0 Å². The maximum atomic E-state index is 15.3. The molecule has 38 heavy (non-hydrogen) atoms. The molecule has 0 atom stereocenters. The van der Waals surface area contributed by atoms with E-state index in [9.17, 15) is 4.79 Å². The normalized spacial score (nSPS) is 22.1. The predicted octanol–water partition coefficient (Wildman–Crippen LogP) is 5.40. The van der Waals surface area contributed by atoms with Gasteiger partial charge in [-0.1, -0.05) is 32.6 Å². The van der Waals surface area contributed by atoms with Crippen LogP contribution < -0.4 is 10.3 Å². The molecule has 3 saturated heterocycles. The number of fused-ring (bicyclic) bond motifs is 1. The zero-order valence-electron chi connectivity index (χ0n) is 23.1. The number of unbranched alkanes of at least 4 members (excludes halogenated alkanes) is 1. The molecule has 5 rings (SSSR count). The van der Waals surface area contributed by atoms with Crippen molar-refractivity contribution in [2.75, 3.05) is 44.2 Å². The molecule has 3 fully saturated rings. The van der Waals surface area contributed by atoms with Crippen molar-refractivity contribution in [2.45, 2.75) is 70.4 Å². The predicted molar refractivity (Wildman–Crippen MR) is 153 cm³/mol. The Bertz CT molecular complexity index is 1060. The van der Waals surface area contributed by atoms with Crippen molar-refractivity contribution < 1.29 is 9.18 Å². The Hall–Kier alpha value is -2.64. The first-order chi connectivity index (χ1) is 18.4. The van der Waals surface area contributed by atoms with E-state index in [0.29, 0.717) is 34.6 Å². The molecule has 0 bridgehead atoms. The molecule has 1 aromatic carbocycles. The zero-order valence-corrected chi connectivity index (χ0v) is 23.1. The number of carbonyl (C=O) groups excluding carboxylic acids is 1. The number of hydrazine groups is 1. The van der Waals surface area contributed by atoms with Gasteiger partial charge in [0.05, 0.1) is 16.9 Å². The number of piperidine rings is 2. The minimum absolute atomic E-state index is 0.208. The van der Waals surface area contributed by atoms with Gasteiger partial charge in [0.25, 0.3) is 5.91 Å². The Labute approximate surface area is 227 Å². The van der Waals surface area contributed by atoms with E-state index in [1.54, 1.807) is 6.07 Å². The second-order valence-electron chi connectivity index (χ2n) is 11.5. The van der Waals surface area contributed by atoms with E-state index < -0.39 is 0 Å². The molecule has 6 nitrogen and oxygen atoms in total. The Balaban J connectivity index is 1.14. The molecule has 7 heteroatoms. The van der Waals surface area contributed by atoms with Gasteiger partial charge in [0.2, 0.25) is 0 Å². The van der Waals surface area contributed by atoms with Crippen LogP contribution in [0.15, 0.2) is 43.6 Å². The average Bonchev–Trinajstić information content (AvgIpc) is 3.12. The van der Waals surface area contributed by atoms with Crippen LogP contribution in [-0.4, -0.2) is 72.1 Å². The standard InChI is InChI=1S/C31H44FN5O/c1-5-7-8-9-22(3)33-37-23(4)27-18-29(32)30(19-28(27)31(37)38)35-16-12-25(13-17-35)36-20-26(21-36)34-14-10-24(6-2)11-15-34/h5,18-19,24-26,33H,1,3-4,6-17,20-21H2,2H3. The fraction of sp³-hybridized carbons (Fsp3) is 0.581. The molecule has 4 heterocycles. The van der Waals surface area contributed by atoms with Crippen LogP contribution in [0.25, 0.3) is 5.70 Å². The van der Waals surface area contributed by atoms with Gasteiger partial charge in [0.15, 0.2) is 0 Å². The van der Waals surface area contributed by atoms with E-state index in [4.69, 9.17) is 0 Å². The number of likely N-dealkylation sites (tertiary alicyclic amines) is 2. The topological polar surface area (TPSA) is 42.1 Å². The van der Waals surface area contributed by atoms with E-state index in [1.165, 1.54) is 56.5 Å². The highest BCUT2D eigenvalue weighted by Gasteiger charge is 2.39. The first-order valence-electron chi connectivity index (χ1n) is 14.5. The molecule has 1 aromatic rings. The minimum Gasteiger partial charge on any atom is -0.369 e. The lowest BCUT2D eigenvalue weighted by atomic mass is 9.91. The third-order valence-corrected chi connectivity index (χ3v) is 9.21. The molecule has 1 amide bonds. The van der Waals surface area contributed by atoms with Gasteiger partial charge >= 0.3 is 0 Å². The zero-order chi connectivity index (χ0) is 26.8. The third-order valence-electron chi connectivity index (χ3n) is 9.21. The molecule has 0 radical (unpaired) electrons. The summed E-state index contributed by atoms with van der Waals surface area (Å²) in [5, 5.41) is 1.40. The molecule has 206 valence electrons. The summed E-state index contributed by atoms with van der Waals surface area (Å²) >= 11 is 0. The molecule has 0 aliphatic carbocycles. The van der Waals surface area contributed by atoms with Crippen molar-refractivity contribution >= 4 is 17.3 Å². The molecule has 4 aliphatic rings. The highest BCUT2D eigenvalue weighted by molar-refractivity contribution is 6.09. The van der Waals surface area contributed by atoms with Crippen LogP contribution in [0.4, 0.5) is 10.1 Å². The van der Waals surface area contributed by atoms with Gasteiger partial charge in [-0.15, -0.1) is 6.58 Å². The quantitative estimate of drug-likeness (QED) is 0.330. The number of hydrogen-bond donors (Lipinski definition) is 1. The number of anilines is 1. The van der Waals surface area contributed by atoms with Crippen molar-refractivity contribution in [1.82, 2.24) is 20.2 Å². The van der Waals surface area contributed by atoms with Gasteiger partial charge in [0, 0.05) is 49.5 Å². The molecule has 0 aromatic heterocycles. The lowest BCUT2D eigenvalue weighted by Gasteiger charge is -2.52. The van der Waals surface area contributed by atoms with Crippen LogP contribution in [0, 0.1) is 11.7 Å². The molecule has 1 N–H and O–H groups in total. The number of benzene rings is 1. The number of nitrogens with zero attached hydrogens (tertiary/aromatic N) is 4. The van der Waals surface area contributed by atoms with Gasteiger partial charge in [-0.3, -0.25) is 20.0 Å². The summed E-state index contributed by atoms with van der Waals surface area (Å²) in [7, 11) is 0. The summed E-state index contributed by atoms with van der Waals surface area (Å²) in [6.07, 6.45) is 10.5. The third kappa shape index (κ3) is 5.41. The number of amides is 1. The Kier molecular flexibility index (Phi) is 8.24. The Morgan fingerprint density at radius 2 is 1.76 bits per heavy atom. The van der Waals surface area contributed by atoms with Crippen LogP contribution in [0.3, 0.4) is 0 Å². The fourth-order valence-electron chi connectivity index (χ4n) is 6.59. The molecule has 0 spiro atoms. The van der Waals surface area contributed by atoms with Crippen molar-refractivity contribution in [3.63, 3.8) is 0 Å². The molecule has 0 unspecified atom stereocenters. The summed E-state index contributed by atoms with van der Waals surface area (Å²) in [6.45, 7) is 20.6. The Morgan fingerprint density at radius 3 is 2.42 bits per heavy atom. The summed E-state index contributed by atoms with van der Waals surface area (Å²) < 4.78 is 15.3. The maximum Gasteiger partial charge on any atom is 0.277 e. The number of hydrogen-bond acceptors (Lipinski definition) is 5.